The van der Waals surface area contributed by atoms with Crippen molar-refractivity contribution in [2.45, 2.75) is 19.9 Å². The highest BCUT2D eigenvalue weighted by Gasteiger charge is 2.07. The minimum atomic E-state index is 0.800. The van der Waals surface area contributed by atoms with Gasteiger partial charge in [-0.2, -0.15) is 0 Å². The first-order chi connectivity index (χ1) is 9.72. The number of nitrogen functional groups attached to an aromatic ring is 1. The maximum absolute atomic E-state index is 5.88. The van der Waals surface area contributed by atoms with Crippen molar-refractivity contribution in [3.63, 3.8) is 0 Å². The number of hydrogen-bond acceptors (Lipinski definition) is 3. The molecule has 0 saturated carbocycles. The van der Waals surface area contributed by atoms with Gasteiger partial charge in [0.1, 0.15) is 5.75 Å². The molecule has 0 aliphatic heterocycles. The number of methoxy groups -OCH3 is 1. The van der Waals surface area contributed by atoms with Crippen molar-refractivity contribution in [1.29, 1.82) is 0 Å². The average molecular weight is 270 g/mol. The van der Waals surface area contributed by atoms with E-state index in [9.17, 15) is 0 Å². The Balaban J connectivity index is 2.20. The fraction of sp³-hybridized carbons (Fsp3) is 0.294. The highest BCUT2D eigenvalue weighted by atomic mass is 16.5. The van der Waals surface area contributed by atoms with Crippen LogP contribution in [0.4, 0.5) is 11.4 Å². The second kappa shape index (κ2) is 6.85. The van der Waals surface area contributed by atoms with Crippen molar-refractivity contribution in [1.82, 2.24) is 0 Å². The van der Waals surface area contributed by atoms with Crippen LogP contribution in [0.5, 0.6) is 5.75 Å². The summed E-state index contributed by atoms with van der Waals surface area (Å²) in [5.74, 6) is 0.895. The van der Waals surface area contributed by atoms with Gasteiger partial charge < -0.3 is 15.4 Å². The molecular formula is C17H22N2O. The van der Waals surface area contributed by atoms with Crippen LogP contribution in [0.1, 0.15) is 18.9 Å². The highest BCUT2D eigenvalue weighted by Crippen LogP contribution is 2.21. The van der Waals surface area contributed by atoms with Crippen LogP contribution in [0.15, 0.2) is 48.5 Å². The Kier molecular flexibility index (Phi) is 4.88. The van der Waals surface area contributed by atoms with Gasteiger partial charge in [0.15, 0.2) is 0 Å². The molecule has 3 heteroatoms. The number of benzene rings is 2. The molecule has 0 aromatic heterocycles. The summed E-state index contributed by atoms with van der Waals surface area (Å²) >= 11 is 0. The van der Waals surface area contributed by atoms with Gasteiger partial charge >= 0.3 is 0 Å². The Bertz CT molecular complexity index is 554. The van der Waals surface area contributed by atoms with E-state index in [2.05, 4.69) is 30.0 Å². The molecule has 2 aromatic carbocycles. The van der Waals surface area contributed by atoms with Gasteiger partial charge in [0.2, 0.25) is 0 Å². The van der Waals surface area contributed by atoms with Crippen molar-refractivity contribution >= 4 is 11.4 Å². The third-order valence-electron chi connectivity index (χ3n) is 3.24. The van der Waals surface area contributed by atoms with Crippen LogP contribution in [-0.2, 0) is 6.54 Å². The number of nitrogens with two attached hydrogens (primary N) is 1. The van der Waals surface area contributed by atoms with Crippen LogP contribution >= 0.6 is 0 Å². The molecule has 2 N–H and O–H groups in total. The number of rotatable bonds is 6. The normalized spacial score (nSPS) is 10.3. The van der Waals surface area contributed by atoms with Crippen molar-refractivity contribution in [2.24, 2.45) is 0 Å². The third kappa shape index (κ3) is 3.67. The Hall–Kier alpha value is -2.16. The minimum absolute atomic E-state index is 0.800. The molecule has 2 rings (SSSR count). The predicted octanol–water partition coefficient (Wildman–Crippen LogP) is 3.69. The molecule has 0 atom stereocenters. The molecule has 0 aliphatic rings. The van der Waals surface area contributed by atoms with Crippen molar-refractivity contribution in [3.05, 3.63) is 54.1 Å². The smallest absolute Gasteiger partial charge is 0.119 e. The van der Waals surface area contributed by atoms with Gasteiger partial charge in [0, 0.05) is 24.5 Å². The largest absolute Gasteiger partial charge is 0.497 e. The molecule has 0 bridgehead atoms. The summed E-state index contributed by atoms with van der Waals surface area (Å²) in [4.78, 5) is 2.34. The van der Waals surface area contributed by atoms with E-state index in [0.717, 1.165) is 36.6 Å². The van der Waals surface area contributed by atoms with Gasteiger partial charge in [-0.25, -0.2) is 0 Å². The first-order valence-corrected chi connectivity index (χ1v) is 6.96. The third-order valence-corrected chi connectivity index (χ3v) is 3.24. The van der Waals surface area contributed by atoms with Gasteiger partial charge in [-0.15, -0.1) is 0 Å². The van der Waals surface area contributed by atoms with E-state index in [0.29, 0.717) is 0 Å². The fourth-order valence-electron chi connectivity index (χ4n) is 2.28. The van der Waals surface area contributed by atoms with Crippen LogP contribution in [0, 0.1) is 0 Å². The van der Waals surface area contributed by atoms with Crippen LogP contribution in [0.25, 0.3) is 0 Å². The first-order valence-electron chi connectivity index (χ1n) is 6.96. The SMILES string of the molecule is CCCN(Cc1cccc(OC)c1)c1cccc(N)c1. The zero-order chi connectivity index (χ0) is 14.4. The number of hydrogen-bond donors (Lipinski definition) is 1. The lowest BCUT2D eigenvalue weighted by Crippen LogP contribution is -2.23. The predicted molar refractivity (Wildman–Crippen MR) is 85.2 cm³/mol. The molecule has 106 valence electrons. The quantitative estimate of drug-likeness (QED) is 0.813. The molecule has 0 spiro atoms. The van der Waals surface area contributed by atoms with E-state index in [1.54, 1.807) is 7.11 Å². The zero-order valence-corrected chi connectivity index (χ0v) is 12.2. The van der Waals surface area contributed by atoms with E-state index < -0.39 is 0 Å². The maximum atomic E-state index is 5.88. The van der Waals surface area contributed by atoms with Crippen molar-refractivity contribution < 1.29 is 4.74 Å². The van der Waals surface area contributed by atoms with Crippen LogP contribution in [0.2, 0.25) is 0 Å². The standard InChI is InChI=1S/C17H22N2O/c1-3-10-19(16-8-5-7-15(18)12-16)13-14-6-4-9-17(11-14)20-2/h4-9,11-12H,3,10,13,18H2,1-2H3. The number of anilines is 2. The average Bonchev–Trinajstić information content (AvgIpc) is 2.47. The second-order valence-corrected chi connectivity index (χ2v) is 4.87. The summed E-state index contributed by atoms with van der Waals surface area (Å²) in [6, 6.07) is 16.2. The van der Waals surface area contributed by atoms with Gasteiger partial charge in [-0.1, -0.05) is 25.1 Å². The number of ether oxygens (including phenoxy) is 1. The summed E-state index contributed by atoms with van der Waals surface area (Å²) in [7, 11) is 1.70. The Morgan fingerprint density at radius 3 is 2.60 bits per heavy atom. The van der Waals surface area contributed by atoms with Gasteiger partial charge in [-0.3, -0.25) is 0 Å². The summed E-state index contributed by atoms with van der Waals surface area (Å²) < 4.78 is 5.28. The van der Waals surface area contributed by atoms with E-state index in [1.807, 2.05) is 30.3 Å². The van der Waals surface area contributed by atoms with Crippen LogP contribution < -0.4 is 15.4 Å². The molecule has 2 aromatic rings. The summed E-state index contributed by atoms with van der Waals surface area (Å²) in [6.45, 7) is 4.04. The minimum Gasteiger partial charge on any atom is -0.497 e. The van der Waals surface area contributed by atoms with E-state index >= 15 is 0 Å². The van der Waals surface area contributed by atoms with Gasteiger partial charge in [-0.05, 0) is 42.3 Å². The topological polar surface area (TPSA) is 38.5 Å². The zero-order valence-electron chi connectivity index (χ0n) is 12.2. The maximum Gasteiger partial charge on any atom is 0.119 e. The first kappa shape index (κ1) is 14.3. The van der Waals surface area contributed by atoms with E-state index in [-0.39, 0.29) is 0 Å². The van der Waals surface area contributed by atoms with Crippen LogP contribution in [-0.4, -0.2) is 13.7 Å². The van der Waals surface area contributed by atoms with Gasteiger partial charge in [0.25, 0.3) is 0 Å². The van der Waals surface area contributed by atoms with Gasteiger partial charge in [0.05, 0.1) is 7.11 Å². The molecular weight excluding hydrogens is 248 g/mol. The van der Waals surface area contributed by atoms with Crippen LogP contribution in [0.3, 0.4) is 0 Å². The Morgan fingerprint density at radius 1 is 1.10 bits per heavy atom. The monoisotopic (exact) mass is 270 g/mol. The van der Waals surface area contributed by atoms with E-state index in [1.165, 1.54) is 5.56 Å². The Labute approximate surface area is 121 Å². The molecule has 0 aliphatic carbocycles. The fourth-order valence-corrected chi connectivity index (χ4v) is 2.28. The molecule has 0 fully saturated rings. The molecule has 3 nitrogen and oxygen atoms in total. The molecule has 0 amide bonds. The Morgan fingerprint density at radius 2 is 1.90 bits per heavy atom. The van der Waals surface area contributed by atoms with Crippen molar-refractivity contribution in [3.8, 4) is 5.75 Å². The van der Waals surface area contributed by atoms with Crippen molar-refractivity contribution in [2.75, 3.05) is 24.3 Å². The molecule has 20 heavy (non-hydrogen) atoms. The summed E-state index contributed by atoms with van der Waals surface area (Å²) in [5.41, 5.74) is 9.08. The lowest BCUT2D eigenvalue weighted by molar-refractivity contribution is 0.414. The molecule has 0 radical (unpaired) electrons. The molecule has 0 heterocycles. The number of nitrogens with zero attached hydrogens (tertiary/aromatic N) is 1. The molecule has 0 saturated heterocycles. The van der Waals surface area contributed by atoms with E-state index in [4.69, 9.17) is 10.5 Å². The molecule has 0 unspecified atom stereocenters. The lowest BCUT2D eigenvalue weighted by Gasteiger charge is -2.25. The second-order valence-electron chi connectivity index (χ2n) is 4.87. The highest BCUT2D eigenvalue weighted by molar-refractivity contribution is 5.56. The lowest BCUT2D eigenvalue weighted by atomic mass is 10.1. The summed E-state index contributed by atoms with van der Waals surface area (Å²) in [6.07, 6.45) is 1.10. The summed E-state index contributed by atoms with van der Waals surface area (Å²) in [5, 5.41) is 0.